The molecular weight excluding hydrogens is 523 g/mol. The second-order valence-electron chi connectivity index (χ2n) is 8.62. The zero-order valence-corrected chi connectivity index (χ0v) is 22.5. The number of aryl methyl sites for hydroxylation is 1. The number of allylic oxidation sites excluding steroid dienone is 2. The van der Waals surface area contributed by atoms with Gasteiger partial charge in [-0.05, 0) is 48.7 Å². The lowest BCUT2D eigenvalue weighted by atomic mass is 10.1. The van der Waals surface area contributed by atoms with Crippen molar-refractivity contribution in [2.45, 2.75) is 46.1 Å². The second-order valence-corrected chi connectivity index (χ2v) is 11.1. The molecule has 0 aliphatic carbocycles. The molecule has 1 N–H and O–H groups in total. The molecule has 1 aromatic heterocycles. The summed E-state index contributed by atoms with van der Waals surface area (Å²) < 4.78 is 46.1. The van der Waals surface area contributed by atoms with E-state index in [0.717, 1.165) is 41.7 Å². The molecule has 0 saturated carbocycles. The van der Waals surface area contributed by atoms with Gasteiger partial charge in [-0.1, -0.05) is 43.5 Å². The molecular formula is C26H29Cl2N2O5S+. The molecule has 2 aromatic carbocycles. The Labute approximate surface area is 221 Å². The summed E-state index contributed by atoms with van der Waals surface area (Å²) in [5.41, 5.74) is 3.40. The van der Waals surface area contributed by atoms with Crippen molar-refractivity contribution < 1.29 is 26.7 Å². The van der Waals surface area contributed by atoms with E-state index in [1.54, 1.807) is 18.2 Å². The molecule has 0 unspecified atom stereocenters. The number of hydrogen-bond donors (Lipinski definition) is 1. The Morgan fingerprint density at radius 3 is 2.58 bits per heavy atom. The summed E-state index contributed by atoms with van der Waals surface area (Å²) in [7, 11) is -4.06. The highest BCUT2D eigenvalue weighted by molar-refractivity contribution is 7.85. The third kappa shape index (κ3) is 6.24. The van der Waals surface area contributed by atoms with Gasteiger partial charge in [0.05, 0.1) is 17.5 Å². The molecule has 0 atom stereocenters. The molecule has 10 heteroatoms. The Morgan fingerprint density at radius 2 is 1.86 bits per heavy atom. The van der Waals surface area contributed by atoms with Crippen LogP contribution in [0.1, 0.15) is 45.4 Å². The molecule has 0 amide bonds. The van der Waals surface area contributed by atoms with Gasteiger partial charge in [0, 0.05) is 35.2 Å². The lowest BCUT2D eigenvalue weighted by molar-refractivity contribution is -0.678. The number of benzene rings is 2. The van der Waals surface area contributed by atoms with Crippen molar-refractivity contribution in [3.8, 4) is 5.75 Å². The normalized spacial score (nSPS) is 15.1. The van der Waals surface area contributed by atoms with Gasteiger partial charge < -0.3 is 14.1 Å². The molecule has 3 aromatic rings. The molecule has 0 saturated heterocycles. The predicted octanol–water partition coefficient (Wildman–Crippen LogP) is 6.64. The van der Waals surface area contributed by atoms with E-state index in [1.165, 1.54) is 0 Å². The number of nitrogens with zero attached hydrogens (tertiary/aromatic N) is 2. The van der Waals surface area contributed by atoms with E-state index in [9.17, 15) is 8.42 Å². The van der Waals surface area contributed by atoms with Gasteiger partial charge in [-0.15, -0.1) is 0 Å². The zero-order valence-electron chi connectivity index (χ0n) is 20.2. The molecule has 4 rings (SSSR count). The lowest BCUT2D eigenvalue weighted by Crippen LogP contribution is -2.35. The SMILES string of the molecule is CCCC[n+]1c(/C=C(/C=C2\Oc3ccc(Cl)cc3N2CCCS(=O)(=O)O)CC)oc2ccc(Cl)cc21. The smallest absolute Gasteiger partial charge is 0.374 e. The Kier molecular flexibility index (Phi) is 8.30. The molecule has 0 bridgehead atoms. The zero-order chi connectivity index (χ0) is 25.9. The van der Waals surface area contributed by atoms with E-state index in [0.29, 0.717) is 40.5 Å². The summed E-state index contributed by atoms with van der Waals surface area (Å²) in [5.74, 6) is 1.55. The van der Waals surface area contributed by atoms with Crippen LogP contribution in [-0.4, -0.2) is 25.3 Å². The minimum Gasteiger partial charge on any atom is -0.439 e. The molecule has 1 aliphatic heterocycles. The minimum atomic E-state index is -4.06. The van der Waals surface area contributed by atoms with E-state index in [-0.39, 0.29) is 12.2 Å². The molecule has 0 fully saturated rings. The first-order valence-electron chi connectivity index (χ1n) is 11.9. The van der Waals surface area contributed by atoms with Gasteiger partial charge in [-0.3, -0.25) is 4.55 Å². The quantitative estimate of drug-likeness (QED) is 0.224. The number of hydrogen-bond acceptors (Lipinski definition) is 5. The molecule has 2 heterocycles. The van der Waals surface area contributed by atoms with Crippen LogP contribution in [0.25, 0.3) is 17.2 Å². The maximum Gasteiger partial charge on any atom is 0.374 e. The first kappa shape index (κ1) is 26.5. The third-order valence-corrected chi connectivity index (χ3v) is 7.20. The van der Waals surface area contributed by atoms with E-state index in [4.69, 9.17) is 36.9 Å². The van der Waals surface area contributed by atoms with Gasteiger partial charge in [-0.2, -0.15) is 13.0 Å². The second kappa shape index (κ2) is 11.3. The van der Waals surface area contributed by atoms with Crippen LogP contribution in [0.4, 0.5) is 5.69 Å². The highest BCUT2D eigenvalue weighted by Crippen LogP contribution is 2.41. The van der Waals surface area contributed by atoms with Gasteiger partial charge >= 0.3 is 5.89 Å². The third-order valence-electron chi connectivity index (χ3n) is 5.93. The highest BCUT2D eigenvalue weighted by atomic mass is 35.5. The average molecular weight is 553 g/mol. The Bertz CT molecular complexity index is 1430. The standard InChI is InChI=1S/C26H28Cl2N2O5S/c1-3-5-11-29-21-16-19(27)7-9-23(21)34-25(29)14-18(4-2)15-26-30(12-6-13-36(31,32)33)22-17-20(28)8-10-24(22)35-26/h7-10,14-17H,3-6,11-13H2,1-2H3/p+1. The van der Waals surface area contributed by atoms with Gasteiger partial charge in [0.1, 0.15) is 0 Å². The van der Waals surface area contributed by atoms with E-state index >= 15 is 0 Å². The van der Waals surface area contributed by atoms with Gasteiger partial charge in [0.2, 0.25) is 11.5 Å². The number of rotatable bonds is 10. The number of unbranched alkanes of at least 4 members (excludes halogenated alkanes) is 1. The van der Waals surface area contributed by atoms with Crippen molar-refractivity contribution >= 4 is 56.2 Å². The molecule has 192 valence electrons. The molecule has 0 spiro atoms. The number of aromatic nitrogens is 1. The maximum absolute atomic E-state index is 11.3. The molecule has 36 heavy (non-hydrogen) atoms. The van der Waals surface area contributed by atoms with Crippen LogP contribution in [0.3, 0.4) is 0 Å². The van der Waals surface area contributed by atoms with Crippen molar-refractivity contribution in [3.05, 3.63) is 69.9 Å². The summed E-state index contributed by atoms with van der Waals surface area (Å²) in [6, 6.07) is 10.9. The fourth-order valence-electron chi connectivity index (χ4n) is 4.11. The Morgan fingerprint density at radius 1 is 1.11 bits per heavy atom. The largest absolute Gasteiger partial charge is 0.439 e. The van der Waals surface area contributed by atoms with Crippen LogP contribution in [0.2, 0.25) is 10.0 Å². The Balaban J connectivity index is 1.71. The molecule has 7 nitrogen and oxygen atoms in total. The molecule has 1 aliphatic rings. The van der Waals surface area contributed by atoms with E-state index < -0.39 is 10.1 Å². The fraction of sp³-hybridized carbons (Fsp3) is 0.346. The van der Waals surface area contributed by atoms with Gasteiger partial charge in [0.15, 0.2) is 12.3 Å². The van der Waals surface area contributed by atoms with E-state index in [1.807, 2.05) is 42.2 Å². The number of halogens is 2. The average Bonchev–Trinajstić information content (AvgIpc) is 3.33. The Hall–Kier alpha value is -2.52. The number of oxazole rings is 1. The summed E-state index contributed by atoms with van der Waals surface area (Å²) in [6.45, 7) is 5.31. The topological polar surface area (TPSA) is 83.9 Å². The summed E-state index contributed by atoms with van der Waals surface area (Å²) in [6.07, 6.45) is 6.88. The van der Waals surface area contributed by atoms with Crippen molar-refractivity contribution in [2.75, 3.05) is 17.2 Å². The predicted molar refractivity (Wildman–Crippen MR) is 143 cm³/mol. The highest BCUT2D eigenvalue weighted by Gasteiger charge is 2.28. The van der Waals surface area contributed by atoms with Crippen molar-refractivity contribution in [2.24, 2.45) is 0 Å². The van der Waals surface area contributed by atoms with Gasteiger partial charge in [-0.25, -0.2) is 0 Å². The van der Waals surface area contributed by atoms with Crippen molar-refractivity contribution in [3.63, 3.8) is 0 Å². The van der Waals surface area contributed by atoms with Crippen LogP contribution < -0.4 is 14.2 Å². The number of anilines is 1. The number of ether oxygens (including phenoxy) is 1. The summed E-state index contributed by atoms with van der Waals surface area (Å²) in [5, 5.41) is 1.20. The molecule has 0 radical (unpaired) electrons. The maximum atomic E-state index is 11.3. The first-order valence-corrected chi connectivity index (χ1v) is 14.3. The summed E-state index contributed by atoms with van der Waals surface area (Å²) >= 11 is 12.5. The fourth-order valence-corrected chi connectivity index (χ4v) is 4.94. The van der Waals surface area contributed by atoms with Crippen LogP contribution >= 0.6 is 23.2 Å². The van der Waals surface area contributed by atoms with Crippen LogP contribution in [0, 0.1) is 0 Å². The van der Waals surface area contributed by atoms with Crippen LogP contribution in [0.15, 0.2) is 58.3 Å². The van der Waals surface area contributed by atoms with Crippen LogP contribution in [-0.2, 0) is 16.7 Å². The lowest BCUT2D eigenvalue weighted by Gasteiger charge is -2.18. The summed E-state index contributed by atoms with van der Waals surface area (Å²) in [4.78, 5) is 1.87. The van der Waals surface area contributed by atoms with Crippen molar-refractivity contribution in [1.29, 1.82) is 0 Å². The van der Waals surface area contributed by atoms with E-state index in [2.05, 4.69) is 11.5 Å². The number of fused-ring (bicyclic) bond motifs is 2. The monoisotopic (exact) mass is 551 g/mol. The first-order chi connectivity index (χ1) is 17.2. The van der Waals surface area contributed by atoms with Gasteiger partial charge in [0.25, 0.3) is 15.6 Å². The minimum absolute atomic E-state index is 0.220. The van der Waals surface area contributed by atoms with Crippen molar-refractivity contribution in [1.82, 2.24) is 0 Å². The van der Waals surface area contributed by atoms with Crippen LogP contribution in [0.5, 0.6) is 5.75 Å².